The molecule has 4 nitrogen and oxygen atoms in total. The summed E-state index contributed by atoms with van der Waals surface area (Å²) in [5.41, 5.74) is 0.195. The van der Waals surface area contributed by atoms with Crippen molar-refractivity contribution in [3.8, 4) is 5.88 Å². The first-order chi connectivity index (χ1) is 7.63. The number of aliphatic hydroxyl groups is 1. The smallest absolute Gasteiger partial charge is 0.217 e. The largest absolute Gasteiger partial charge is 0.481 e. The molecule has 1 aliphatic heterocycles. The molecule has 1 aliphatic rings. The lowest BCUT2D eigenvalue weighted by Crippen LogP contribution is -2.34. The van der Waals surface area contributed by atoms with E-state index in [1.54, 1.807) is 13.2 Å². The van der Waals surface area contributed by atoms with E-state index in [1.165, 1.54) is 0 Å². The lowest BCUT2D eigenvalue weighted by atomic mass is 9.94. The van der Waals surface area contributed by atoms with Gasteiger partial charge < -0.3 is 15.2 Å². The highest BCUT2D eigenvalue weighted by atomic mass is 35.5. The summed E-state index contributed by atoms with van der Waals surface area (Å²) in [6.07, 6.45) is 1.28. The molecule has 0 spiro atoms. The van der Waals surface area contributed by atoms with Crippen LogP contribution in [0.1, 0.15) is 12.0 Å². The summed E-state index contributed by atoms with van der Waals surface area (Å²) in [4.78, 5) is 4.08. The summed E-state index contributed by atoms with van der Waals surface area (Å²) in [7, 11) is 1.55. The number of hydrogen-bond acceptors (Lipinski definition) is 4. The molecular formula is C11H15ClN2O2. The van der Waals surface area contributed by atoms with Gasteiger partial charge in [0.2, 0.25) is 5.88 Å². The molecule has 16 heavy (non-hydrogen) atoms. The molecule has 0 radical (unpaired) electrons. The third kappa shape index (κ3) is 2.45. The van der Waals surface area contributed by atoms with E-state index < -0.39 is 5.60 Å². The maximum absolute atomic E-state index is 10.3. The summed E-state index contributed by atoms with van der Waals surface area (Å²) >= 11 is 5.78. The van der Waals surface area contributed by atoms with Gasteiger partial charge in [-0.25, -0.2) is 4.98 Å². The number of nitrogens with one attached hydrogen (secondary N) is 1. The van der Waals surface area contributed by atoms with E-state index in [9.17, 15) is 5.11 Å². The van der Waals surface area contributed by atoms with E-state index in [0.717, 1.165) is 18.5 Å². The molecule has 1 fully saturated rings. The van der Waals surface area contributed by atoms with Gasteiger partial charge >= 0.3 is 0 Å². The van der Waals surface area contributed by atoms with Crippen molar-refractivity contribution >= 4 is 11.6 Å². The average Bonchev–Trinajstić information content (AvgIpc) is 2.68. The Bertz CT molecular complexity index is 378. The predicted molar refractivity (Wildman–Crippen MR) is 61.9 cm³/mol. The summed E-state index contributed by atoms with van der Waals surface area (Å²) in [6.45, 7) is 1.46. The topological polar surface area (TPSA) is 54.4 Å². The highest BCUT2D eigenvalue weighted by Gasteiger charge is 2.32. The number of β-amino-alcohol motifs (C(OH)–C–C–N with tert-alkyl or cyclic N) is 1. The van der Waals surface area contributed by atoms with Crippen LogP contribution in [0, 0.1) is 0 Å². The molecule has 0 saturated carbocycles. The first kappa shape index (κ1) is 11.6. The van der Waals surface area contributed by atoms with E-state index in [0.29, 0.717) is 24.0 Å². The zero-order valence-electron chi connectivity index (χ0n) is 9.16. The van der Waals surface area contributed by atoms with Gasteiger partial charge in [-0.1, -0.05) is 17.7 Å². The van der Waals surface area contributed by atoms with E-state index in [4.69, 9.17) is 16.3 Å². The Labute approximate surface area is 99.6 Å². The van der Waals surface area contributed by atoms with Crippen LogP contribution in [0.2, 0.25) is 5.15 Å². The molecule has 1 aromatic heterocycles. The second kappa shape index (κ2) is 4.57. The van der Waals surface area contributed by atoms with Gasteiger partial charge in [0.25, 0.3) is 0 Å². The second-order valence-electron chi connectivity index (χ2n) is 4.13. The summed E-state index contributed by atoms with van der Waals surface area (Å²) in [5.74, 6) is 0.493. The number of nitrogens with zero attached hydrogens (tertiary/aromatic N) is 1. The van der Waals surface area contributed by atoms with Crippen molar-refractivity contribution in [3.05, 3.63) is 22.8 Å². The molecule has 1 saturated heterocycles. The van der Waals surface area contributed by atoms with Gasteiger partial charge in [0.1, 0.15) is 5.15 Å². The van der Waals surface area contributed by atoms with Gasteiger partial charge in [-0.3, -0.25) is 0 Å². The van der Waals surface area contributed by atoms with Crippen molar-refractivity contribution in [2.24, 2.45) is 0 Å². The highest BCUT2D eigenvalue weighted by Crippen LogP contribution is 2.26. The standard InChI is InChI=1S/C11H15ClN2O2/c1-16-10-8(2-3-9(12)14-10)6-11(15)4-5-13-7-11/h2-3,13,15H,4-7H2,1H3. The van der Waals surface area contributed by atoms with Crippen molar-refractivity contribution < 1.29 is 9.84 Å². The molecule has 1 atom stereocenters. The van der Waals surface area contributed by atoms with Crippen LogP contribution in [0.15, 0.2) is 12.1 Å². The van der Waals surface area contributed by atoms with Crippen LogP contribution < -0.4 is 10.1 Å². The minimum Gasteiger partial charge on any atom is -0.481 e. The monoisotopic (exact) mass is 242 g/mol. The number of rotatable bonds is 3. The van der Waals surface area contributed by atoms with Gasteiger partial charge in [0, 0.05) is 18.5 Å². The summed E-state index contributed by atoms with van der Waals surface area (Å²) in [6, 6.07) is 3.57. The number of pyridine rings is 1. The zero-order valence-corrected chi connectivity index (χ0v) is 9.92. The molecule has 0 amide bonds. The average molecular weight is 243 g/mol. The van der Waals surface area contributed by atoms with Gasteiger partial charge in [0.15, 0.2) is 0 Å². The van der Waals surface area contributed by atoms with Crippen molar-refractivity contribution in [2.75, 3.05) is 20.2 Å². The number of methoxy groups -OCH3 is 1. The summed E-state index contributed by atoms with van der Waals surface area (Å²) < 4.78 is 5.15. The molecule has 2 heterocycles. The Hall–Kier alpha value is -0.840. The van der Waals surface area contributed by atoms with E-state index in [-0.39, 0.29) is 0 Å². The van der Waals surface area contributed by atoms with Crippen LogP contribution in [-0.4, -0.2) is 35.9 Å². The lowest BCUT2D eigenvalue weighted by Gasteiger charge is -2.21. The van der Waals surface area contributed by atoms with Crippen LogP contribution in [0.5, 0.6) is 5.88 Å². The molecule has 5 heteroatoms. The van der Waals surface area contributed by atoms with Crippen LogP contribution in [0.4, 0.5) is 0 Å². The maximum atomic E-state index is 10.3. The van der Waals surface area contributed by atoms with Gasteiger partial charge in [0.05, 0.1) is 12.7 Å². The van der Waals surface area contributed by atoms with Crippen molar-refractivity contribution in [1.82, 2.24) is 10.3 Å². The Morgan fingerprint density at radius 1 is 1.62 bits per heavy atom. The van der Waals surface area contributed by atoms with Crippen LogP contribution in [0.3, 0.4) is 0 Å². The van der Waals surface area contributed by atoms with Gasteiger partial charge in [-0.2, -0.15) is 0 Å². The minimum atomic E-state index is -0.692. The lowest BCUT2D eigenvalue weighted by molar-refractivity contribution is 0.0611. The fourth-order valence-electron chi connectivity index (χ4n) is 1.99. The van der Waals surface area contributed by atoms with Crippen LogP contribution in [-0.2, 0) is 6.42 Å². The van der Waals surface area contributed by atoms with E-state index >= 15 is 0 Å². The maximum Gasteiger partial charge on any atom is 0.217 e. The first-order valence-corrected chi connectivity index (χ1v) is 5.63. The fraction of sp³-hybridized carbons (Fsp3) is 0.545. The Morgan fingerprint density at radius 2 is 2.44 bits per heavy atom. The van der Waals surface area contributed by atoms with Crippen LogP contribution in [0.25, 0.3) is 0 Å². The van der Waals surface area contributed by atoms with Crippen molar-refractivity contribution in [2.45, 2.75) is 18.4 Å². The normalized spacial score (nSPS) is 24.7. The molecule has 1 aromatic rings. The molecular weight excluding hydrogens is 228 g/mol. The predicted octanol–water partition coefficient (Wildman–Crippen LogP) is 1.01. The SMILES string of the molecule is COc1nc(Cl)ccc1CC1(O)CCNC1. The molecule has 0 aromatic carbocycles. The molecule has 88 valence electrons. The Kier molecular flexibility index (Phi) is 3.33. The van der Waals surface area contributed by atoms with Gasteiger partial charge in [-0.15, -0.1) is 0 Å². The molecule has 1 unspecified atom stereocenters. The summed E-state index contributed by atoms with van der Waals surface area (Å²) in [5, 5.41) is 13.8. The third-order valence-corrected chi connectivity index (χ3v) is 3.05. The molecule has 2 rings (SSSR count). The Balaban J connectivity index is 2.20. The molecule has 0 aliphatic carbocycles. The zero-order chi connectivity index (χ0) is 11.6. The number of aromatic nitrogens is 1. The van der Waals surface area contributed by atoms with E-state index in [2.05, 4.69) is 10.3 Å². The highest BCUT2D eigenvalue weighted by molar-refractivity contribution is 6.29. The molecule has 2 N–H and O–H groups in total. The quantitative estimate of drug-likeness (QED) is 0.777. The number of hydrogen-bond donors (Lipinski definition) is 2. The number of halogens is 1. The molecule has 0 bridgehead atoms. The van der Waals surface area contributed by atoms with Crippen molar-refractivity contribution in [1.29, 1.82) is 0 Å². The van der Waals surface area contributed by atoms with E-state index in [1.807, 2.05) is 6.07 Å². The fourth-order valence-corrected chi connectivity index (χ4v) is 2.13. The first-order valence-electron chi connectivity index (χ1n) is 5.25. The van der Waals surface area contributed by atoms with Crippen molar-refractivity contribution in [3.63, 3.8) is 0 Å². The van der Waals surface area contributed by atoms with Gasteiger partial charge in [-0.05, 0) is 19.0 Å². The van der Waals surface area contributed by atoms with Crippen LogP contribution >= 0.6 is 11.6 Å². The number of ether oxygens (including phenoxy) is 1. The third-order valence-electron chi connectivity index (χ3n) is 2.84. The Morgan fingerprint density at radius 3 is 3.06 bits per heavy atom. The minimum absolute atomic E-state index is 0.400. The second-order valence-corrected chi connectivity index (χ2v) is 4.52.